The van der Waals surface area contributed by atoms with E-state index in [4.69, 9.17) is 10.5 Å². The van der Waals surface area contributed by atoms with E-state index in [0.29, 0.717) is 24.6 Å². The predicted octanol–water partition coefficient (Wildman–Crippen LogP) is 2.96. The topological polar surface area (TPSA) is 40.2 Å². The van der Waals surface area contributed by atoms with Crippen molar-refractivity contribution < 1.29 is 13.5 Å². The lowest BCUT2D eigenvalue weighted by atomic mass is 9.89. The molecule has 2 rings (SSSR count). The van der Waals surface area contributed by atoms with Crippen molar-refractivity contribution in [3.8, 4) is 5.75 Å². The predicted molar refractivity (Wildman–Crippen MR) is 66.0 cm³/mol. The number of aromatic nitrogens is 1. The van der Waals surface area contributed by atoms with Gasteiger partial charge >= 0.3 is 0 Å². The molecule has 1 aromatic heterocycles. The summed E-state index contributed by atoms with van der Waals surface area (Å²) >= 11 is 0. The molecule has 0 amide bonds. The zero-order valence-electron chi connectivity index (χ0n) is 10.8. The molecule has 18 heavy (non-hydrogen) atoms. The summed E-state index contributed by atoms with van der Waals surface area (Å²) in [6.07, 6.45) is 4.01. The van der Waals surface area contributed by atoms with E-state index >= 15 is 0 Å². The van der Waals surface area contributed by atoms with Crippen molar-refractivity contribution in [2.75, 3.05) is 0 Å². The van der Waals surface area contributed by atoms with Crippen molar-refractivity contribution in [3.05, 3.63) is 18.5 Å². The first-order chi connectivity index (χ1) is 8.40. The van der Waals surface area contributed by atoms with Gasteiger partial charge in [0.25, 0.3) is 5.92 Å². The Labute approximate surface area is 106 Å². The largest absolute Gasteiger partial charge is 0.487 e. The highest BCUT2D eigenvalue weighted by Gasteiger charge is 2.45. The monoisotopic (exact) mass is 258 g/mol. The molecule has 102 valence electrons. The molecule has 2 N–H and O–H groups in total. The van der Waals surface area contributed by atoms with Crippen LogP contribution in [0, 0.1) is 0 Å². The lowest BCUT2D eigenvalue weighted by molar-refractivity contribution is -0.0890. The first-order valence-corrected chi connectivity index (χ1v) is 6.37. The van der Waals surface area contributed by atoms with E-state index in [9.17, 15) is 8.78 Å². The van der Waals surface area contributed by atoms with Gasteiger partial charge in [-0.3, -0.25) is 0 Å². The van der Waals surface area contributed by atoms with Gasteiger partial charge in [-0.2, -0.15) is 0 Å². The van der Waals surface area contributed by atoms with Gasteiger partial charge in [-0.1, -0.05) is 0 Å². The first kappa shape index (κ1) is 13.3. The number of alkyl halides is 2. The lowest BCUT2D eigenvalue weighted by Crippen LogP contribution is -2.54. The average Bonchev–Trinajstić information content (AvgIpc) is 2.73. The van der Waals surface area contributed by atoms with E-state index in [-0.39, 0.29) is 6.42 Å². The van der Waals surface area contributed by atoms with E-state index in [2.05, 4.69) is 0 Å². The van der Waals surface area contributed by atoms with Gasteiger partial charge < -0.3 is 15.0 Å². The van der Waals surface area contributed by atoms with Crippen molar-refractivity contribution in [3.63, 3.8) is 0 Å². The SMILES string of the molecule is CC(C)n1ccc(O[C@H]2CCCC(F)(F)[C@@H]2N)c1. The third-order valence-corrected chi connectivity index (χ3v) is 3.46. The van der Waals surface area contributed by atoms with Gasteiger partial charge in [-0.25, -0.2) is 8.78 Å². The van der Waals surface area contributed by atoms with Gasteiger partial charge in [-0.05, 0) is 32.8 Å². The van der Waals surface area contributed by atoms with Gasteiger partial charge in [-0.15, -0.1) is 0 Å². The van der Waals surface area contributed by atoms with E-state index in [0.717, 1.165) is 0 Å². The summed E-state index contributed by atoms with van der Waals surface area (Å²) in [4.78, 5) is 0. The van der Waals surface area contributed by atoms with Crippen LogP contribution in [-0.4, -0.2) is 22.6 Å². The van der Waals surface area contributed by atoms with Crippen LogP contribution < -0.4 is 10.5 Å². The summed E-state index contributed by atoms with van der Waals surface area (Å²) in [5, 5.41) is 0. The van der Waals surface area contributed by atoms with Crippen LogP contribution >= 0.6 is 0 Å². The van der Waals surface area contributed by atoms with E-state index in [1.807, 2.05) is 30.8 Å². The Bertz CT molecular complexity index is 403. The molecular weight excluding hydrogens is 238 g/mol. The number of nitrogens with zero attached hydrogens (tertiary/aromatic N) is 1. The van der Waals surface area contributed by atoms with Crippen LogP contribution in [0.5, 0.6) is 5.75 Å². The second-order valence-corrected chi connectivity index (χ2v) is 5.22. The molecular formula is C13H20F2N2O. The van der Waals surface area contributed by atoms with Crippen LogP contribution in [0.1, 0.15) is 39.2 Å². The van der Waals surface area contributed by atoms with Crippen molar-refractivity contribution in [1.82, 2.24) is 4.57 Å². The van der Waals surface area contributed by atoms with Crippen molar-refractivity contribution in [2.24, 2.45) is 5.73 Å². The number of hydrogen-bond donors (Lipinski definition) is 1. The smallest absolute Gasteiger partial charge is 0.266 e. The van der Waals surface area contributed by atoms with Gasteiger partial charge in [0, 0.05) is 24.9 Å². The van der Waals surface area contributed by atoms with E-state index in [1.165, 1.54) is 0 Å². The van der Waals surface area contributed by atoms with Gasteiger partial charge in [0.1, 0.15) is 17.9 Å². The second kappa shape index (κ2) is 4.88. The molecule has 5 heteroatoms. The minimum Gasteiger partial charge on any atom is -0.487 e. The Morgan fingerprint density at radius 3 is 2.83 bits per heavy atom. The zero-order valence-corrected chi connectivity index (χ0v) is 10.8. The Balaban J connectivity index is 2.04. The van der Waals surface area contributed by atoms with Crippen molar-refractivity contribution >= 4 is 0 Å². The molecule has 0 radical (unpaired) electrons. The molecule has 0 unspecified atom stereocenters. The van der Waals surface area contributed by atoms with Crippen LogP contribution in [0.15, 0.2) is 18.5 Å². The second-order valence-electron chi connectivity index (χ2n) is 5.22. The summed E-state index contributed by atoms with van der Waals surface area (Å²) < 4.78 is 34.5. The number of halogens is 2. The maximum absolute atomic E-state index is 13.5. The normalized spacial score (nSPS) is 27.4. The number of rotatable bonds is 3. The molecule has 1 aromatic rings. The van der Waals surface area contributed by atoms with Gasteiger partial charge in [0.15, 0.2) is 0 Å². The van der Waals surface area contributed by atoms with Crippen molar-refractivity contribution in [2.45, 2.75) is 57.2 Å². The molecule has 1 fully saturated rings. The quantitative estimate of drug-likeness (QED) is 0.905. The Morgan fingerprint density at radius 1 is 1.50 bits per heavy atom. The van der Waals surface area contributed by atoms with Gasteiger partial charge in [0.05, 0.1) is 0 Å². The molecule has 0 aromatic carbocycles. The maximum Gasteiger partial charge on any atom is 0.266 e. The van der Waals surface area contributed by atoms with Crippen LogP contribution in [-0.2, 0) is 0 Å². The summed E-state index contributed by atoms with van der Waals surface area (Å²) in [7, 11) is 0. The highest BCUT2D eigenvalue weighted by Crippen LogP contribution is 2.34. The fraction of sp³-hybridized carbons (Fsp3) is 0.692. The molecule has 0 saturated heterocycles. The zero-order chi connectivity index (χ0) is 13.3. The summed E-state index contributed by atoms with van der Waals surface area (Å²) in [6.45, 7) is 4.09. The Kier molecular flexibility index (Phi) is 3.61. The molecule has 0 bridgehead atoms. The third-order valence-electron chi connectivity index (χ3n) is 3.46. The molecule has 0 spiro atoms. The number of nitrogens with two attached hydrogens (primary N) is 1. The summed E-state index contributed by atoms with van der Waals surface area (Å²) in [5.41, 5.74) is 5.59. The molecule has 1 saturated carbocycles. The maximum atomic E-state index is 13.5. The van der Waals surface area contributed by atoms with Crippen LogP contribution in [0.25, 0.3) is 0 Å². The average molecular weight is 258 g/mol. The molecule has 1 aliphatic rings. The van der Waals surface area contributed by atoms with Gasteiger partial charge in [0.2, 0.25) is 0 Å². The summed E-state index contributed by atoms with van der Waals surface area (Å²) in [5.74, 6) is -2.20. The Hall–Kier alpha value is -1.10. The standard InChI is InChI=1S/C13H20F2N2O/c1-9(2)17-7-5-10(8-17)18-11-4-3-6-13(14,15)12(11)16/h5,7-9,11-12H,3-4,6,16H2,1-2H3/t11-,12+/m0/s1. The molecule has 1 heterocycles. The Morgan fingerprint density at radius 2 is 2.22 bits per heavy atom. The van der Waals surface area contributed by atoms with Crippen LogP contribution in [0.4, 0.5) is 8.78 Å². The fourth-order valence-corrected chi connectivity index (χ4v) is 2.25. The van der Waals surface area contributed by atoms with E-state index in [1.54, 1.807) is 6.07 Å². The fourth-order valence-electron chi connectivity index (χ4n) is 2.25. The molecule has 0 aliphatic heterocycles. The minimum absolute atomic E-state index is 0.138. The molecule has 1 aliphatic carbocycles. The molecule has 3 nitrogen and oxygen atoms in total. The number of ether oxygens (including phenoxy) is 1. The minimum atomic E-state index is -2.82. The van der Waals surface area contributed by atoms with Crippen molar-refractivity contribution in [1.29, 1.82) is 0 Å². The first-order valence-electron chi connectivity index (χ1n) is 6.37. The van der Waals surface area contributed by atoms with E-state index < -0.39 is 18.1 Å². The highest BCUT2D eigenvalue weighted by atomic mass is 19.3. The number of hydrogen-bond acceptors (Lipinski definition) is 2. The van der Waals surface area contributed by atoms with Crippen LogP contribution in [0.2, 0.25) is 0 Å². The lowest BCUT2D eigenvalue weighted by Gasteiger charge is -2.35. The molecule has 2 atom stereocenters. The summed E-state index contributed by atoms with van der Waals surface area (Å²) in [6, 6.07) is 0.900. The third kappa shape index (κ3) is 2.66. The highest BCUT2D eigenvalue weighted by molar-refractivity contribution is 5.19. The van der Waals surface area contributed by atoms with Crippen LogP contribution in [0.3, 0.4) is 0 Å².